The summed E-state index contributed by atoms with van der Waals surface area (Å²) in [5.74, 6) is 1.33. The molecule has 1 aromatic carbocycles. The maximum absolute atomic E-state index is 5.88. The van der Waals surface area contributed by atoms with Gasteiger partial charge in [0.2, 0.25) is 0 Å². The molecular formula is C16H23ClNS+. The minimum atomic E-state index is 0.592. The minimum Gasteiger partial charge on any atom is -0.330 e. The highest BCUT2D eigenvalue weighted by Gasteiger charge is 2.12. The number of hydrogen-bond acceptors (Lipinski definition) is 1. The topological polar surface area (TPSA) is 4.44 Å². The van der Waals surface area contributed by atoms with Crippen molar-refractivity contribution in [2.75, 3.05) is 19.0 Å². The van der Waals surface area contributed by atoms with Gasteiger partial charge in [-0.3, -0.25) is 0 Å². The summed E-state index contributed by atoms with van der Waals surface area (Å²) < 4.78 is 1.40. The number of fused-ring (bicyclic) bond motifs is 1. The molecule has 3 heteroatoms. The van der Waals surface area contributed by atoms with Crippen LogP contribution in [0.15, 0.2) is 23.6 Å². The molecular weight excluding hydrogens is 274 g/mol. The van der Waals surface area contributed by atoms with Crippen molar-refractivity contribution in [3.8, 4) is 0 Å². The normalized spacial score (nSPS) is 13.3. The number of rotatable bonds is 6. The number of benzene rings is 1. The predicted octanol–water partition coefficient (Wildman–Crippen LogP) is 3.67. The molecule has 104 valence electrons. The molecule has 0 amide bonds. The summed E-state index contributed by atoms with van der Waals surface area (Å²) in [6.07, 6.45) is 0. The predicted molar refractivity (Wildman–Crippen MR) is 86.7 cm³/mol. The third kappa shape index (κ3) is 3.50. The summed E-state index contributed by atoms with van der Waals surface area (Å²) in [5, 5.41) is 3.76. The molecule has 1 atom stereocenters. The molecule has 19 heavy (non-hydrogen) atoms. The molecule has 0 bridgehead atoms. The van der Waals surface area contributed by atoms with Gasteiger partial charge in [0.1, 0.15) is 6.54 Å². The summed E-state index contributed by atoms with van der Waals surface area (Å²) in [6.45, 7) is 10.0. The lowest BCUT2D eigenvalue weighted by Crippen LogP contribution is -3.10. The first kappa shape index (κ1) is 14.8. The van der Waals surface area contributed by atoms with E-state index >= 15 is 0 Å². The number of alkyl halides is 1. The third-order valence-electron chi connectivity index (χ3n) is 3.73. The number of nitrogens with one attached hydrogen (secondary N) is 1. The lowest BCUT2D eigenvalue weighted by molar-refractivity contribution is -0.909. The van der Waals surface area contributed by atoms with E-state index in [1.165, 1.54) is 21.2 Å². The molecule has 1 unspecified atom stereocenters. The third-order valence-corrected chi connectivity index (χ3v) is 4.93. The second-order valence-corrected chi connectivity index (χ2v) is 6.68. The first-order valence-corrected chi connectivity index (χ1v) is 8.46. The fourth-order valence-corrected chi connectivity index (χ4v) is 3.60. The second-order valence-electron chi connectivity index (χ2n) is 5.39. The summed E-state index contributed by atoms with van der Waals surface area (Å²) in [4.78, 5) is 1.56. The van der Waals surface area contributed by atoms with E-state index in [2.05, 4.69) is 44.4 Å². The molecule has 0 aliphatic rings. The number of thiophene rings is 1. The summed E-state index contributed by atoms with van der Waals surface area (Å²) in [7, 11) is 0. The van der Waals surface area contributed by atoms with Crippen LogP contribution in [-0.2, 0) is 6.54 Å². The Morgan fingerprint density at radius 2 is 2.11 bits per heavy atom. The van der Waals surface area contributed by atoms with Gasteiger partial charge in [0.25, 0.3) is 0 Å². The Kier molecular flexibility index (Phi) is 5.26. The van der Waals surface area contributed by atoms with Crippen LogP contribution in [0.2, 0.25) is 0 Å². The van der Waals surface area contributed by atoms with Crippen molar-refractivity contribution >= 4 is 33.0 Å². The van der Waals surface area contributed by atoms with Crippen molar-refractivity contribution in [1.82, 2.24) is 0 Å². The van der Waals surface area contributed by atoms with Crippen LogP contribution in [0.3, 0.4) is 0 Å². The van der Waals surface area contributed by atoms with Crippen LogP contribution in [0.25, 0.3) is 10.1 Å². The first-order valence-electron chi connectivity index (χ1n) is 7.05. The number of hydrogen-bond donors (Lipinski definition) is 1. The van der Waals surface area contributed by atoms with Crippen LogP contribution in [0.1, 0.15) is 37.8 Å². The standard InChI is InChI=1S/C16H22ClNS/c1-4-18(8-7-17)10-14-11-19-16-6-5-13(12(2)3)9-15(14)16/h5-6,9,11-12H,4,7-8,10H2,1-3H3/p+1. The van der Waals surface area contributed by atoms with Crippen LogP contribution in [0.4, 0.5) is 0 Å². The second kappa shape index (κ2) is 6.74. The Labute approximate surface area is 125 Å². The van der Waals surface area contributed by atoms with Crippen molar-refractivity contribution in [1.29, 1.82) is 0 Å². The van der Waals surface area contributed by atoms with E-state index in [4.69, 9.17) is 11.6 Å². The van der Waals surface area contributed by atoms with E-state index < -0.39 is 0 Å². The lowest BCUT2D eigenvalue weighted by Gasteiger charge is -2.16. The summed E-state index contributed by atoms with van der Waals surface area (Å²) in [6, 6.07) is 6.91. The fourth-order valence-electron chi connectivity index (χ4n) is 2.39. The van der Waals surface area contributed by atoms with Gasteiger partial charge >= 0.3 is 0 Å². The van der Waals surface area contributed by atoms with Crippen molar-refractivity contribution < 1.29 is 4.90 Å². The average molecular weight is 297 g/mol. The van der Waals surface area contributed by atoms with Crippen LogP contribution in [0.5, 0.6) is 0 Å². The fraction of sp³-hybridized carbons (Fsp3) is 0.500. The Bertz CT molecular complexity index is 533. The average Bonchev–Trinajstić information content (AvgIpc) is 2.80. The van der Waals surface area contributed by atoms with Gasteiger partial charge in [-0.2, -0.15) is 0 Å². The molecule has 1 nitrogen and oxygen atoms in total. The zero-order valence-corrected chi connectivity index (χ0v) is 13.6. The molecule has 0 fully saturated rings. The smallest absolute Gasteiger partial charge is 0.104 e. The number of halogens is 1. The van der Waals surface area contributed by atoms with Crippen LogP contribution in [-0.4, -0.2) is 19.0 Å². The van der Waals surface area contributed by atoms with Crippen molar-refractivity contribution in [3.05, 3.63) is 34.7 Å². The van der Waals surface area contributed by atoms with Gasteiger partial charge in [-0.15, -0.1) is 22.9 Å². The van der Waals surface area contributed by atoms with E-state index in [9.17, 15) is 0 Å². The summed E-state index contributed by atoms with van der Waals surface area (Å²) in [5.41, 5.74) is 2.91. The molecule has 1 heterocycles. The molecule has 0 radical (unpaired) electrons. The van der Waals surface area contributed by atoms with Gasteiger partial charge in [-0.1, -0.05) is 19.9 Å². The molecule has 0 saturated carbocycles. The van der Waals surface area contributed by atoms with Gasteiger partial charge in [-0.25, -0.2) is 0 Å². The van der Waals surface area contributed by atoms with Gasteiger partial charge < -0.3 is 4.90 Å². The first-order chi connectivity index (χ1) is 9.15. The molecule has 0 aliphatic heterocycles. The van der Waals surface area contributed by atoms with Gasteiger partial charge in [-0.05, 0) is 30.5 Å². The van der Waals surface area contributed by atoms with E-state index in [0.29, 0.717) is 5.92 Å². The SMILES string of the molecule is CC[NH+](CCCl)Cc1csc2ccc(C(C)C)cc12. The van der Waals surface area contributed by atoms with Crippen molar-refractivity contribution in [2.24, 2.45) is 0 Å². The molecule has 1 aromatic heterocycles. The maximum Gasteiger partial charge on any atom is 0.104 e. The largest absolute Gasteiger partial charge is 0.330 e. The number of quaternary nitrogens is 1. The maximum atomic E-state index is 5.88. The quantitative estimate of drug-likeness (QED) is 0.776. The zero-order chi connectivity index (χ0) is 13.8. The summed E-state index contributed by atoms with van der Waals surface area (Å²) >= 11 is 7.74. The van der Waals surface area contributed by atoms with Crippen LogP contribution in [0, 0.1) is 0 Å². The zero-order valence-electron chi connectivity index (χ0n) is 12.0. The van der Waals surface area contributed by atoms with E-state index in [-0.39, 0.29) is 0 Å². The highest BCUT2D eigenvalue weighted by molar-refractivity contribution is 7.17. The molecule has 1 N–H and O–H groups in total. The highest BCUT2D eigenvalue weighted by Crippen LogP contribution is 2.28. The highest BCUT2D eigenvalue weighted by atomic mass is 35.5. The Morgan fingerprint density at radius 1 is 1.32 bits per heavy atom. The molecule has 0 spiro atoms. The van der Waals surface area contributed by atoms with Crippen molar-refractivity contribution in [2.45, 2.75) is 33.2 Å². The molecule has 0 saturated heterocycles. The van der Waals surface area contributed by atoms with E-state index in [1.54, 1.807) is 4.90 Å². The van der Waals surface area contributed by atoms with Gasteiger partial charge in [0.15, 0.2) is 0 Å². The lowest BCUT2D eigenvalue weighted by atomic mass is 10.0. The van der Waals surface area contributed by atoms with E-state index in [1.807, 2.05) is 11.3 Å². The molecule has 2 aromatic rings. The van der Waals surface area contributed by atoms with Gasteiger partial charge in [0.05, 0.1) is 19.0 Å². The Morgan fingerprint density at radius 3 is 2.74 bits per heavy atom. The van der Waals surface area contributed by atoms with Gasteiger partial charge in [0, 0.05) is 21.0 Å². The van der Waals surface area contributed by atoms with Crippen LogP contribution >= 0.6 is 22.9 Å². The van der Waals surface area contributed by atoms with E-state index in [0.717, 1.165) is 25.5 Å². The van der Waals surface area contributed by atoms with Crippen LogP contribution < -0.4 is 4.90 Å². The molecule has 0 aliphatic carbocycles. The van der Waals surface area contributed by atoms with Crippen molar-refractivity contribution in [3.63, 3.8) is 0 Å². The minimum absolute atomic E-state index is 0.592. The monoisotopic (exact) mass is 296 g/mol. The Balaban J connectivity index is 2.29. The Hall–Kier alpha value is -0.570. The molecule has 2 rings (SSSR count).